The van der Waals surface area contributed by atoms with E-state index in [0.717, 1.165) is 29.4 Å². The number of likely N-dealkylation sites (tertiary alicyclic amines) is 1. The number of carbonyl (C=O) groups excluding carboxylic acids is 1. The fourth-order valence-corrected chi connectivity index (χ4v) is 4.17. The van der Waals surface area contributed by atoms with Gasteiger partial charge in [-0.1, -0.05) is 0 Å². The summed E-state index contributed by atoms with van der Waals surface area (Å²) in [5, 5.41) is 0. The molecule has 29 heavy (non-hydrogen) atoms. The lowest BCUT2D eigenvalue weighted by Gasteiger charge is -2.34. The average Bonchev–Trinajstić information content (AvgIpc) is 2.92. The van der Waals surface area contributed by atoms with Gasteiger partial charge in [-0.2, -0.15) is 0 Å². The SMILES string of the molecule is Cn1c(=O)n(C2CCCN(C(=O)OC(C)(C)C)C2)c2c3nc(Br)ccc3ncc21. The third kappa shape index (κ3) is 3.63. The van der Waals surface area contributed by atoms with E-state index in [-0.39, 0.29) is 17.8 Å². The van der Waals surface area contributed by atoms with E-state index in [0.29, 0.717) is 23.2 Å². The van der Waals surface area contributed by atoms with Crippen LogP contribution in [-0.2, 0) is 11.8 Å². The molecule has 0 aromatic carbocycles. The first kappa shape index (κ1) is 19.9. The van der Waals surface area contributed by atoms with Crippen molar-refractivity contribution in [3.05, 3.63) is 33.4 Å². The molecular weight excluding hydrogens is 438 g/mol. The summed E-state index contributed by atoms with van der Waals surface area (Å²) >= 11 is 3.42. The lowest BCUT2D eigenvalue weighted by molar-refractivity contribution is 0.0173. The minimum Gasteiger partial charge on any atom is -0.444 e. The average molecular weight is 462 g/mol. The summed E-state index contributed by atoms with van der Waals surface area (Å²) in [4.78, 5) is 36.5. The van der Waals surface area contributed by atoms with Gasteiger partial charge in [-0.25, -0.2) is 14.6 Å². The Morgan fingerprint density at radius 2 is 2.07 bits per heavy atom. The van der Waals surface area contributed by atoms with Gasteiger partial charge >= 0.3 is 11.8 Å². The van der Waals surface area contributed by atoms with Crippen molar-refractivity contribution in [3.63, 3.8) is 0 Å². The van der Waals surface area contributed by atoms with Gasteiger partial charge in [0.2, 0.25) is 0 Å². The van der Waals surface area contributed by atoms with Gasteiger partial charge in [0.25, 0.3) is 0 Å². The number of ether oxygens (including phenoxy) is 1. The second-order valence-corrected chi connectivity index (χ2v) is 9.24. The molecular formula is C20H24BrN5O3. The van der Waals surface area contributed by atoms with Crippen molar-refractivity contribution >= 4 is 44.1 Å². The summed E-state index contributed by atoms with van der Waals surface area (Å²) < 4.78 is 9.58. The fraction of sp³-hybridized carbons (Fsp3) is 0.500. The smallest absolute Gasteiger partial charge is 0.410 e. The molecule has 154 valence electrons. The summed E-state index contributed by atoms with van der Waals surface area (Å²) in [5.41, 5.74) is 2.18. The number of piperidine rings is 1. The van der Waals surface area contributed by atoms with Crippen molar-refractivity contribution in [2.24, 2.45) is 7.05 Å². The number of pyridine rings is 2. The van der Waals surface area contributed by atoms with Crippen LogP contribution in [-0.4, -0.2) is 48.8 Å². The van der Waals surface area contributed by atoms with Crippen LogP contribution in [0.1, 0.15) is 39.7 Å². The summed E-state index contributed by atoms with van der Waals surface area (Å²) in [6, 6.07) is 3.55. The maximum absolute atomic E-state index is 13.1. The van der Waals surface area contributed by atoms with Crippen molar-refractivity contribution in [1.82, 2.24) is 24.0 Å². The van der Waals surface area contributed by atoms with Crippen LogP contribution in [0.4, 0.5) is 4.79 Å². The normalized spacial score (nSPS) is 17.8. The number of aromatic nitrogens is 4. The number of amides is 1. The number of hydrogen-bond acceptors (Lipinski definition) is 5. The highest BCUT2D eigenvalue weighted by atomic mass is 79.9. The first-order valence-corrected chi connectivity index (χ1v) is 10.4. The summed E-state index contributed by atoms with van der Waals surface area (Å²) in [6.45, 7) is 6.60. The van der Waals surface area contributed by atoms with Crippen LogP contribution in [0, 0.1) is 0 Å². The molecule has 1 atom stereocenters. The van der Waals surface area contributed by atoms with Gasteiger partial charge in [-0.3, -0.25) is 14.1 Å². The molecule has 0 saturated carbocycles. The Hall–Kier alpha value is -2.42. The molecule has 1 aliphatic heterocycles. The van der Waals surface area contributed by atoms with Crippen LogP contribution in [0.5, 0.6) is 0 Å². The topological polar surface area (TPSA) is 82.2 Å². The number of rotatable bonds is 1. The minimum absolute atomic E-state index is 0.132. The van der Waals surface area contributed by atoms with E-state index >= 15 is 0 Å². The van der Waals surface area contributed by atoms with Crippen LogP contribution in [0.15, 0.2) is 27.7 Å². The van der Waals surface area contributed by atoms with Gasteiger partial charge in [0, 0.05) is 20.1 Å². The molecule has 1 aliphatic rings. The van der Waals surface area contributed by atoms with E-state index < -0.39 is 5.60 Å². The Kier molecular flexibility index (Phi) is 4.88. The molecule has 4 heterocycles. The van der Waals surface area contributed by atoms with Crippen LogP contribution in [0.3, 0.4) is 0 Å². The number of imidazole rings is 1. The van der Waals surface area contributed by atoms with Crippen molar-refractivity contribution in [3.8, 4) is 0 Å². The summed E-state index contributed by atoms with van der Waals surface area (Å²) in [5.74, 6) is 0. The molecule has 4 rings (SSSR count). The highest BCUT2D eigenvalue weighted by molar-refractivity contribution is 9.10. The Morgan fingerprint density at radius 1 is 1.31 bits per heavy atom. The van der Waals surface area contributed by atoms with Crippen molar-refractivity contribution < 1.29 is 9.53 Å². The number of halogens is 1. The molecule has 1 saturated heterocycles. The molecule has 0 spiro atoms. The minimum atomic E-state index is -0.557. The van der Waals surface area contributed by atoms with Crippen molar-refractivity contribution in [2.75, 3.05) is 13.1 Å². The highest BCUT2D eigenvalue weighted by Gasteiger charge is 2.31. The number of hydrogen-bond donors (Lipinski definition) is 0. The van der Waals surface area contributed by atoms with E-state index in [1.807, 2.05) is 32.9 Å². The van der Waals surface area contributed by atoms with Crippen LogP contribution in [0.25, 0.3) is 22.1 Å². The van der Waals surface area contributed by atoms with Crippen LogP contribution >= 0.6 is 15.9 Å². The molecule has 3 aromatic rings. The molecule has 0 radical (unpaired) electrons. The predicted octanol–water partition coefficient (Wildman–Crippen LogP) is 3.62. The molecule has 1 amide bonds. The fourth-order valence-electron chi connectivity index (χ4n) is 3.86. The van der Waals surface area contributed by atoms with Gasteiger partial charge in [0.05, 0.1) is 28.8 Å². The lowest BCUT2D eigenvalue weighted by Crippen LogP contribution is -2.45. The standard InChI is InChI=1S/C20H24BrN5O3/c1-20(2,3)29-19(28)25-9-5-6-12(11-25)26-17-14(24(4)18(26)27)10-22-13-7-8-15(21)23-16(13)17/h7-8,10,12H,5-6,9,11H2,1-4H3. The summed E-state index contributed by atoms with van der Waals surface area (Å²) in [6.07, 6.45) is 2.96. The van der Waals surface area contributed by atoms with E-state index in [9.17, 15) is 9.59 Å². The molecule has 3 aromatic heterocycles. The van der Waals surface area contributed by atoms with Gasteiger partial charge in [-0.15, -0.1) is 0 Å². The largest absolute Gasteiger partial charge is 0.444 e. The second-order valence-electron chi connectivity index (χ2n) is 8.43. The van der Waals surface area contributed by atoms with Gasteiger partial charge in [0.1, 0.15) is 15.7 Å². The molecule has 0 N–H and O–H groups in total. The van der Waals surface area contributed by atoms with E-state index in [2.05, 4.69) is 25.9 Å². The molecule has 0 aliphatic carbocycles. The maximum atomic E-state index is 13.1. The van der Waals surface area contributed by atoms with Crippen LogP contribution < -0.4 is 5.69 Å². The monoisotopic (exact) mass is 461 g/mol. The molecule has 1 fully saturated rings. The van der Waals surface area contributed by atoms with Gasteiger partial charge < -0.3 is 9.64 Å². The third-order valence-electron chi connectivity index (χ3n) is 5.14. The number of aryl methyl sites for hydroxylation is 1. The number of fused-ring (bicyclic) bond motifs is 3. The molecule has 8 nitrogen and oxygen atoms in total. The zero-order valence-electron chi connectivity index (χ0n) is 17.0. The second kappa shape index (κ2) is 7.12. The van der Waals surface area contributed by atoms with Crippen molar-refractivity contribution in [1.29, 1.82) is 0 Å². The zero-order valence-corrected chi connectivity index (χ0v) is 18.6. The third-order valence-corrected chi connectivity index (χ3v) is 5.58. The van der Waals surface area contributed by atoms with E-state index in [4.69, 9.17) is 4.74 Å². The zero-order chi connectivity index (χ0) is 20.9. The first-order valence-electron chi connectivity index (χ1n) is 9.66. The van der Waals surface area contributed by atoms with E-state index in [1.54, 1.807) is 27.3 Å². The predicted molar refractivity (Wildman–Crippen MR) is 114 cm³/mol. The van der Waals surface area contributed by atoms with Crippen molar-refractivity contribution in [2.45, 2.75) is 45.3 Å². The highest BCUT2D eigenvalue weighted by Crippen LogP contribution is 2.29. The quantitative estimate of drug-likeness (QED) is 0.516. The maximum Gasteiger partial charge on any atom is 0.410 e. The van der Waals surface area contributed by atoms with Gasteiger partial charge in [0.15, 0.2) is 0 Å². The van der Waals surface area contributed by atoms with E-state index in [1.165, 1.54) is 0 Å². The number of carbonyl (C=O) groups is 1. The molecule has 1 unspecified atom stereocenters. The Morgan fingerprint density at radius 3 is 2.79 bits per heavy atom. The Balaban J connectivity index is 1.81. The lowest BCUT2D eigenvalue weighted by atomic mass is 10.1. The summed E-state index contributed by atoms with van der Waals surface area (Å²) in [7, 11) is 1.74. The van der Waals surface area contributed by atoms with Crippen LogP contribution in [0.2, 0.25) is 0 Å². The Labute approximate surface area is 176 Å². The number of nitrogens with zero attached hydrogens (tertiary/aromatic N) is 5. The Bertz CT molecular complexity index is 1160. The first-order chi connectivity index (χ1) is 13.7. The molecule has 9 heteroatoms. The van der Waals surface area contributed by atoms with Gasteiger partial charge in [-0.05, 0) is 61.7 Å². The molecule has 0 bridgehead atoms.